The van der Waals surface area contributed by atoms with Gasteiger partial charge < -0.3 is 24.0 Å². The molecule has 2 aliphatic carbocycles. The van der Waals surface area contributed by atoms with Gasteiger partial charge in [0.05, 0.1) is 18.2 Å². The first kappa shape index (κ1) is 33.4. The molecular formula is C39H50N6O5S. The minimum absolute atomic E-state index is 0.0743. The number of benzene rings is 2. The number of carbonyl (C=O) groups excluding carboxylic acids is 2. The highest BCUT2D eigenvalue weighted by atomic mass is 32.2. The molecule has 2 bridgehead atoms. The summed E-state index contributed by atoms with van der Waals surface area (Å²) < 4.78 is 38.5. The molecule has 6 heterocycles. The molecule has 12 heteroatoms. The number of amides is 2. The summed E-state index contributed by atoms with van der Waals surface area (Å²) in [5.74, 6) is 0.865. The van der Waals surface area contributed by atoms with E-state index < -0.39 is 21.5 Å². The zero-order valence-electron chi connectivity index (χ0n) is 29.9. The molecule has 5 aliphatic heterocycles. The zero-order chi connectivity index (χ0) is 35.1. The van der Waals surface area contributed by atoms with Crippen molar-refractivity contribution in [1.82, 2.24) is 28.3 Å². The van der Waals surface area contributed by atoms with Crippen LogP contribution in [0, 0.1) is 5.41 Å². The number of ether oxygens (including phenoxy) is 1. The Morgan fingerprint density at radius 3 is 2.39 bits per heavy atom. The summed E-state index contributed by atoms with van der Waals surface area (Å²) in [6.45, 7) is 6.24. The van der Waals surface area contributed by atoms with Crippen LogP contribution in [-0.2, 0) is 21.5 Å². The van der Waals surface area contributed by atoms with Crippen LogP contribution in [0.5, 0.6) is 5.75 Å². The number of carbonyl (C=O) groups is 2. The molecule has 2 amide bonds. The number of fused-ring (bicyclic) bond motifs is 11. The fourth-order valence-corrected chi connectivity index (χ4v) is 11.3. The summed E-state index contributed by atoms with van der Waals surface area (Å²) in [6.07, 6.45) is 8.61. The average Bonchev–Trinajstić information content (AvgIpc) is 3.90. The predicted molar refractivity (Wildman–Crippen MR) is 196 cm³/mol. The van der Waals surface area contributed by atoms with E-state index in [-0.39, 0.29) is 17.9 Å². The summed E-state index contributed by atoms with van der Waals surface area (Å²) >= 11 is 0. The van der Waals surface area contributed by atoms with Crippen LogP contribution in [0.15, 0.2) is 36.4 Å². The van der Waals surface area contributed by atoms with Crippen LogP contribution in [0.25, 0.3) is 22.2 Å². The fraction of sp³-hybridized carbons (Fsp3) is 0.590. The van der Waals surface area contributed by atoms with Gasteiger partial charge in [0.2, 0.25) is 5.91 Å². The van der Waals surface area contributed by atoms with E-state index in [4.69, 9.17) is 4.74 Å². The maximum absolute atomic E-state index is 15.1. The Labute approximate surface area is 301 Å². The molecule has 2 unspecified atom stereocenters. The lowest BCUT2D eigenvalue weighted by atomic mass is 9.81. The SMILES string of the molecule is COc1ccc2c(c1)C1CC1(C(=O)N1CCN3CCC1CC3)Cn1c-2c(C2CCCCC2)c2ccc(C(=O)NS(=O)(=O)N3CCN(C)CC3)cc21. The summed E-state index contributed by atoms with van der Waals surface area (Å²) in [5, 5.41) is 1.10. The van der Waals surface area contributed by atoms with Gasteiger partial charge in [0.15, 0.2) is 0 Å². The second-order valence-corrected chi connectivity index (χ2v) is 17.7. The van der Waals surface area contributed by atoms with Crippen molar-refractivity contribution in [3.05, 3.63) is 53.1 Å². The maximum atomic E-state index is 15.1. The van der Waals surface area contributed by atoms with Gasteiger partial charge in [-0.3, -0.25) is 9.59 Å². The van der Waals surface area contributed by atoms with E-state index in [0.717, 1.165) is 86.2 Å². The molecule has 6 fully saturated rings. The summed E-state index contributed by atoms with van der Waals surface area (Å²) in [7, 11) is -0.331. The minimum Gasteiger partial charge on any atom is -0.497 e. The Hall–Kier alpha value is -3.45. The smallest absolute Gasteiger partial charge is 0.304 e. The van der Waals surface area contributed by atoms with E-state index in [2.05, 4.69) is 36.1 Å². The van der Waals surface area contributed by atoms with Gasteiger partial charge >= 0.3 is 10.2 Å². The number of aromatic nitrogens is 1. The molecular weight excluding hydrogens is 665 g/mol. The molecule has 2 saturated carbocycles. The van der Waals surface area contributed by atoms with Gasteiger partial charge in [-0.2, -0.15) is 12.7 Å². The van der Waals surface area contributed by atoms with Gasteiger partial charge in [-0.25, -0.2) is 4.72 Å². The molecule has 0 radical (unpaired) electrons. The second kappa shape index (κ2) is 12.6. The Morgan fingerprint density at radius 2 is 1.65 bits per heavy atom. The Kier molecular flexibility index (Phi) is 8.25. The summed E-state index contributed by atoms with van der Waals surface area (Å²) in [5.41, 5.74) is 5.40. The first-order valence-electron chi connectivity index (χ1n) is 19.1. The molecule has 10 rings (SSSR count). The van der Waals surface area contributed by atoms with Crippen molar-refractivity contribution in [2.75, 3.05) is 66.5 Å². The van der Waals surface area contributed by atoms with Gasteiger partial charge in [0, 0.05) is 92.9 Å². The van der Waals surface area contributed by atoms with Crippen LogP contribution in [0.2, 0.25) is 0 Å². The molecule has 1 N–H and O–H groups in total. The molecule has 51 heavy (non-hydrogen) atoms. The quantitative estimate of drug-likeness (QED) is 0.404. The van der Waals surface area contributed by atoms with Gasteiger partial charge in [-0.15, -0.1) is 0 Å². The van der Waals surface area contributed by atoms with Crippen molar-refractivity contribution in [3.8, 4) is 17.0 Å². The number of nitrogens with zero attached hydrogens (tertiary/aromatic N) is 5. The van der Waals surface area contributed by atoms with E-state index in [1.807, 2.05) is 25.2 Å². The number of nitrogens with one attached hydrogen (secondary N) is 1. The third-order valence-electron chi connectivity index (χ3n) is 13.1. The summed E-state index contributed by atoms with van der Waals surface area (Å²) in [4.78, 5) is 35.6. The van der Waals surface area contributed by atoms with E-state index in [0.29, 0.717) is 44.2 Å². The molecule has 1 aromatic heterocycles. The van der Waals surface area contributed by atoms with Gasteiger partial charge in [0.25, 0.3) is 5.91 Å². The number of piperazine rings is 1. The number of piperidine rings is 1. The highest BCUT2D eigenvalue weighted by molar-refractivity contribution is 7.87. The van der Waals surface area contributed by atoms with E-state index in [9.17, 15) is 13.2 Å². The van der Waals surface area contributed by atoms with Crippen LogP contribution < -0.4 is 9.46 Å². The number of likely N-dealkylation sites (N-methyl/N-ethyl adjacent to an activating group) is 1. The van der Waals surface area contributed by atoms with E-state index >= 15 is 4.79 Å². The van der Waals surface area contributed by atoms with Gasteiger partial charge in [-0.1, -0.05) is 25.3 Å². The average molecular weight is 715 g/mol. The number of methoxy groups -OCH3 is 1. The van der Waals surface area contributed by atoms with Crippen LogP contribution in [0.4, 0.5) is 0 Å². The predicted octanol–water partition coefficient (Wildman–Crippen LogP) is 4.38. The van der Waals surface area contributed by atoms with Crippen LogP contribution in [0.3, 0.4) is 0 Å². The van der Waals surface area contributed by atoms with Crippen molar-refractivity contribution < 1.29 is 22.7 Å². The minimum atomic E-state index is -4.00. The van der Waals surface area contributed by atoms with Crippen molar-refractivity contribution in [1.29, 1.82) is 0 Å². The Bertz CT molecular complexity index is 1990. The van der Waals surface area contributed by atoms with E-state index in [1.54, 1.807) is 13.2 Å². The fourth-order valence-electron chi connectivity index (χ4n) is 10.1. The molecule has 3 aromatic rings. The van der Waals surface area contributed by atoms with Crippen LogP contribution >= 0.6 is 0 Å². The number of hydrogen-bond acceptors (Lipinski definition) is 7. The topological polar surface area (TPSA) is 107 Å². The van der Waals surface area contributed by atoms with Crippen LogP contribution in [0.1, 0.15) is 84.7 Å². The summed E-state index contributed by atoms with van der Waals surface area (Å²) in [6, 6.07) is 12.3. The second-order valence-electron chi connectivity index (χ2n) is 16.0. The van der Waals surface area contributed by atoms with Gasteiger partial charge in [0.1, 0.15) is 5.75 Å². The lowest BCUT2D eigenvalue weighted by Gasteiger charge is -2.34. The largest absolute Gasteiger partial charge is 0.497 e. The zero-order valence-corrected chi connectivity index (χ0v) is 30.7. The van der Waals surface area contributed by atoms with Gasteiger partial charge in [-0.05, 0) is 86.5 Å². The third-order valence-corrected chi connectivity index (χ3v) is 14.6. The molecule has 2 atom stereocenters. The lowest BCUT2D eigenvalue weighted by molar-refractivity contribution is -0.140. The van der Waals surface area contributed by atoms with Crippen molar-refractivity contribution >= 4 is 32.9 Å². The third kappa shape index (κ3) is 5.59. The highest BCUT2D eigenvalue weighted by Crippen LogP contribution is 2.66. The van der Waals surface area contributed by atoms with Crippen LogP contribution in [-0.4, -0.2) is 116 Å². The number of rotatable bonds is 6. The Balaban J connectivity index is 1.17. The lowest BCUT2D eigenvalue weighted by Crippen LogP contribution is -2.52. The monoisotopic (exact) mass is 714 g/mol. The maximum Gasteiger partial charge on any atom is 0.304 e. The normalized spacial score (nSPS) is 28.4. The molecule has 272 valence electrons. The van der Waals surface area contributed by atoms with E-state index in [1.165, 1.54) is 34.7 Å². The standard InChI is InChI=1S/C39H50N6O5S/c1-41-16-19-43(20-17-41)51(48,49)40-37(46)27-8-10-31-34(22-27)45-25-39(38(47)44-21-18-42-14-12-28(44)13-15-42)24-33(39)32-23-29(50-2)9-11-30(32)36(45)35(31)26-6-4-3-5-7-26/h8-11,22-23,26,28,33H,3-7,12-21,24-25H2,1-2H3,(H,40,46). The molecule has 0 spiro atoms. The first-order valence-corrected chi connectivity index (χ1v) is 20.5. The first-order chi connectivity index (χ1) is 24.7. The Morgan fingerprint density at radius 1 is 0.882 bits per heavy atom. The molecule has 11 nitrogen and oxygen atoms in total. The van der Waals surface area contributed by atoms with Crippen molar-refractivity contribution in [2.24, 2.45) is 5.41 Å². The number of hydrogen-bond donors (Lipinski definition) is 1. The molecule has 4 saturated heterocycles. The van der Waals surface area contributed by atoms with Crippen molar-refractivity contribution in [3.63, 3.8) is 0 Å². The molecule has 7 aliphatic rings. The molecule has 2 aromatic carbocycles. The van der Waals surface area contributed by atoms with Crippen molar-refractivity contribution in [2.45, 2.75) is 75.8 Å². The highest BCUT2D eigenvalue weighted by Gasteiger charge is 2.64.